The van der Waals surface area contributed by atoms with Crippen molar-refractivity contribution in [3.63, 3.8) is 0 Å². The summed E-state index contributed by atoms with van der Waals surface area (Å²) in [7, 11) is 1.42. The third-order valence-corrected chi connectivity index (χ3v) is 4.13. The summed E-state index contributed by atoms with van der Waals surface area (Å²) in [6, 6.07) is 6.28. The molecule has 0 saturated carbocycles. The molecule has 0 aliphatic rings. The smallest absolute Gasteiger partial charge is 0.306 e. The van der Waals surface area contributed by atoms with E-state index in [1.54, 1.807) is 11.8 Å². The standard InChI is InChI=1S/C13H18BrNO2S/c1-3-15-9-10-4-5-11(8-12(10)14)18-7-6-13(16)17-2/h4-5,8,15H,3,6-7,9H2,1-2H3. The van der Waals surface area contributed by atoms with Gasteiger partial charge in [-0.15, -0.1) is 11.8 Å². The van der Waals surface area contributed by atoms with Gasteiger partial charge in [0.05, 0.1) is 13.5 Å². The van der Waals surface area contributed by atoms with Crippen LogP contribution in [0.5, 0.6) is 0 Å². The van der Waals surface area contributed by atoms with E-state index in [2.05, 4.69) is 51.1 Å². The van der Waals surface area contributed by atoms with Crippen LogP contribution < -0.4 is 5.32 Å². The summed E-state index contributed by atoms with van der Waals surface area (Å²) < 4.78 is 5.71. The first-order valence-corrected chi connectivity index (χ1v) is 7.64. The molecule has 100 valence electrons. The number of carbonyl (C=O) groups excluding carboxylic acids is 1. The maximum absolute atomic E-state index is 11.0. The number of benzene rings is 1. The van der Waals surface area contributed by atoms with Crippen LogP contribution in [-0.4, -0.2) is 25.4 Å². The second kappa shape index (κ2) is 8.56. The maximum Gasteiger partial charge on any atom is 0.306 e. The molecule has 1 N–H and O–H groups in total. The molecule has 0 fully saturated rings. The van der Waals surface area contributed by atoms with E-state index in [0.29, 0.717) is 6.42 Å². The van der Waals surface area contributed by atoms with Crippen molar-refractivity contribution in [2.24, 2.45) is 0 Å². The molecule has 3 nitrogen and oxygen atoms in total. The third-order valence-electron chi connectivity index (χ3n) is 2.39. The Labute approximate surface area is 121 Å². The average Bonchev–Trinajstić information content (AvgIpc) is 2.37. The van der Waals surface area contributed by atoms with Crippen LogP contribution in [0.2, 0.25) is 0 Å². The Kier molecular flexibility index (Phi) is 7.39. The highest BCUT2D eigenvalue weighted by molar-refractivity contribution is 9.10. The number of esters is 1. The topological polar surface area (TPSA) is 38.3 Å². The molecule has 1 rings (SSSR count). The van der Waals surface area contributed by atoms with E-state index in [1.165, 1.54) is 12.7 Å². The zero-order valence-electron chi connectivity index (χ0n) is 10.7. The first-order valence-electron chi connectivity index (χ1n) is 5.86. The van der Waals surface area contributed by atoms with E-state index in [1.807, 2.05) is 0 Å². The van der Waals surface area contributed by atoms with Gasteiger partial charge in [-0.1, -0.05) is 28.9 Å². The molecule has 0 radical (unpaired) electrons. The number of ether oxygens (including phenoxy) is 1. The largest absolute Gasteiger partial charge is 0.469 e. The van der Waals surface area contributed by atoms with Gasteiger partial charge in [0.2, 0.25) is 0 Å². The summed E-state index contributed by atoms with van der Waals surface area (Å²) in [6.07, 6.45) is 0.442. The van der Waals surface area contributed by atoms with Gasteiger partial charge >= 0.3 is 5.97 Å². The molecule has 0 aliphatic heterocycles. The molecular formula is C13H18BrNO2S. The number of nitrogens with one attached hydrogen (secondary N) is 1. The Morgan fingerprint density at radius 1 is 1.50 bits per heavy atom. The van der Waals surface area contributed by atoms with Gasteiger partial charge in [-0.05, 0) is 24.2 Å². The Balaban J connectivity index is 2.48. The number of methoxy groups -OCH3 is 1. The van der Waals surface area contributed by atoms with Crippen molar-refractivity contribution in [3.8, 4) is 0 Å². The molecule has 0 heterocycles. The summed E-state index contributed by atoms with van der Waals surface area (Å²) in [4.78, 5) is 12.1. The van der Waals surface area contributed by atoms with Crippen LogP contribution in [0.15, 0.2) is 27.6 Å². The highest BCUT2D eigenvalue weighted by atomic mass is 79.9. The number of carbonyl (C=O) groups is 1. The third kappa shape index (κ3) is 5.42. The van der Waals surface area contributed by atoms with Gasteiger partial charge < -0.3 is 10.1 Å². The van der Waals surface area contributed by atoms with Gasteiger partial charge in [0.25, 0.3) is 0 Å². The molecule has 0 atom stereocenters. The molecule has 0 aliphatic carbocycles. The minimum Gasteiger partial charge on any atom is -0.469 e. The van der Waals surface area contributed by atoms with Crippen LogP contribution in [0.4, 0.5) is 0 Å². The lowest BCUT2D eigenvalue weighted by atomic mass is 10.2. The SMILES string of the molecule is CCNCc1ccc(SCCC(=O)OC)cc1Br. The second-order valence-electron chi connectivity index (χ2n) is 3.71. The molecule has 18 heavy (non-hydrogen) atoms. The van der Waals surface area contributed by atoms with Gasteiger partial charge in [0, 0.05) is 21.7 Å². The quantitative estimate of drug-likeness (QED) is 0.615. The van der Waals surface area contributed by atoms with Crippen LogP contribution in [-0.2, 0) is 16.1 Å². The maximum atomic E-state index is 11.0. The van der Waals surface area contributed by atoms with Crippen molar-refractivity contribution in [1.82, 2.24) is 5.32 Å². The predicted octanol–water partition coefficient (Wildman–Crippen LogP) is 3.21. The summed E-state index contributed by atoms with van der Waals surface area (Å²) in [6.45, 7) is 3.91. The molecular weight excluding hydrogens is 314 g/mol. The van der Waals surface area contributed by atoms with Crippen LogP contribution in [0.1, 0.15) is 18.9 Å². The summed E-state index contributed by atoms with van der Waals surface area (Å²) in [5.41, 5.74) is 1.24. The predicted molar refractivity (Wildman–Crippen MR) is 78.9 cm³/mol. The van der Waals surface area contributed by atoms with Crippen LogP contribution in [0, 0.1) is 0 Å². The fourth-order valence-electron chi connectivity index (χ4n) is 1.38. The van der Waals surface area contributed by atoms with Gasteiger partial charge in [0.15, 0.2) is 0 Å². The van der Waals surface area contributed by atoms with Gasteiger partial charge in [-0.3, -0.25) is 4.79 Å². The number of rotatable bonds is 7. The summed E-state index contributed by atoms with van der Waals surface area (Å²) in [5.74, 6) is 0.580. The zero-order valence-corrected chi connectivity index (χ0v) is 13.1. The second-order valence-corrected chi connectivity index (χ2v) is 5.73. The van der Waals surface area contributed by atoms with Crippen molar-refractivity contribution in [3.05, 3.63) is 28.2 Å². The zero-order chi connectivity index (χ0) is 13.4. The monoisotopic (exact) mass is 331 g/mol. The first kappa shape index (κ1) is 15.5. The molecule has 5 heteroatoms. The van der Waals surface area contributed by atoms with Crippen molar-refractivity contribution in [2.45, 2.75) is 24.8 Å². The molecule has 1 aromatic rings. The molecule has 0 spiro atoms. The van der Waals surface area contributed by atoms with Gasteiger partial charge in [-0.25, -0.2) is 0 Å². The molecule has 0 unspecified atom stereocenters. The molecule has 0 amide bonds. The van der Waals surface area contributed by atoms with Crippen LogP contribution in [0.3, 0.4) is 0 Å². The number of hydrogen-bond acceptors (Lipinski definition) is 4. The minimum absolute atomic E-state index is 0.162. The fraction of sp³-hybridized carbons (Fsp3) is 0.462. The number of hydrogen-bond donors (Lipinski definition) is 1. The lowest BCUT2D eigenvalue weighted by Gasteiger charge is -2.07. The van der Waals surface area contributed by atoms with Crippen molar-refractivity contribution < 1.29 is 9.53 Å². The lowest BCUT2D eigenvalue weighted by Crippen LogP contribution is -2.12. The highest BCUT2D eigenvalue weighted by Crippen LogP contribution is 2.25. The molecule has 0 aromatic heterocycles. The van der Waals surface area contributed by atoms with Crippen LogP contribution >= 0.6 is 27.7 Å². The van der Waals surface area contributed by atoms with Gasteiger partial charge in [0.1, 0.15) is 0 Å². The van der Waals surface area contributed by atoms with E-state index in [9.17, 15) is 4.79 Å². The van der Waals surface area contributed by atoms with Crippen molar-refractivity contribution in [2.75, 3.05) is 19.4 Å². The van der Waals surface area contributed by atoms with Gasteiger partial charge in [-0.2, -0.15) is 0 Å². The first-order chi connectivity index (χ1) is 8.67. The van der Waals surface area contributed by atoms with E-state index in [0.717, 1.165) is 28.2 Å². The molecule has 0 saturated heterocycles. The Hall–Kier alpha value is -0.520. The number of halogens is 1. The van der Waals surface area contributed by atoms with E-state index < -0.39 is 0 Å². The Morgan fingerprint density at radius 2 is 2.28 bits per heavy atom. The summed E-state index contributed by atoms with van der Waals surface area (Å²) >= 11 is 5.23. The Bertz CT molecular complexity index is 399. The highest BCUT2D eigenvalue weighted by Gasteiger charge is 2.04. The van der Waals surface area contributed by atoms with Crippen molar-refractivity contribution >= 4 is 33.7 Å². The molecule has 1 aromatic carbocycles. The average molecular weight is 332 g/mol. The van der Waals surface area contributed by atoms with Crippen LogP contribution in [0.25, 0.3) is 0 Å². The molecule has 0 bridgehead atoms. The van der Waals surface area contributed by atoms with E-state index in [-0.39, 0.29) is 5.97 Å². The normalized spacial score (nSPS) is 10.4. The van der Waals surface area contributed by atoms with Crippen molar-refractivity contribution in [1.29, 1.82) is 0 Å². The lowest BCUT2D eigenvalue weighted by molar-refractivity contribution is -0.140. The van der Waals surface area contributed by atoms with E-state index in [4.69, 9.17) is 0 Å². The van der Waals surface area contributed by atoms with E-state index >= 15 is 0 Å². The summed E-state index contributed by atoms with van der Waals surface area (Å²) in [5, 5.41) is 3.29. The number of thioether (sulfide) groups is 1. The fourth-order valence-corrected chi connectivity index (χ4v) is 2.92. The Morgan fingerprint density at radius 3 is 2.89 bits per heavy atom. The minimum atomic E-state index is -0.162.